The van der Waals surface area contributed by atoms with E-state index in [2.05, 4.69) is 9.97 Å². The molecule has 1 aliphatic heterocycles. The number of ether oxygens (including phenoxy) is 2. The molecule has 1 aromatic heterocycles. The monoisotopic (exact) mass is 318 g/mol. The minimum absolute atomic E-state index is 0.256. The van der Waals surface area contributed by atoms with Crippen molar-refractivity contribution in [2.24, 2.45) is 0 Å². The summed E-state index contributed by atoms with van der Waals surface area (Å²) < 4.78 is 10.7. The Balaban J connectivity index is 1.56. The van der Waals surface area contributed by atoms with Gasteiger partial charge in [-0.1, -0.05) is 35.5 Å². The molecule has 0 atom stereocenters. The largest absolute Gasteiger partial charge is 0.454 e. The van der Waals surface area contributed by atoms with Crippen molar-refractivity contribution in [1.29, 1.82) is 0 Å². The normalized spacial score (nSPS) is 13.0. The van der Waals surface area contributed by atoms with E-state index in [0.29, 0.717) is 10.8 Å². The van der Waals surface area contributed by atoms with Crippen LogP contribution in [0.15, 0.2) is 41.6 Å². The first-order chi connectivity index (χ1) is 10.3. The van der Waals surface area contributed by atoms with Gasteiger partial charge in [-0.3, -0.25) is 0 Å². The van der Waals surface area contributed by atoms with E-state index < -0.39 is 0 Å². The second-order valence-corrected chi connectivity index (χ2v) is 6.02. The zero-order chi connectivity index (χ0) is 14.2. The molecule has 0 bridgehead atoms. The lowest BCUT2D eigenvalue weighted by atomic mass is 10.2. The average molecular weight is 319 g/mol. The number of H-pyrrole nitrogens is 1. The first kappa shape index (κ1) is 12.9. The predicted octanol–water partition coefficient (Wildman–Crippen LogP) is 4.24. The third kappa shape index (κ3) is 2.43. The summed E-state index contributed by atoms with van der Waals surface area (Å²) in [5.74, 6) is 2.17. The minimum atomic E-state index is 0.256. The number of para-hydroxylation sites is 2. The van der Waals surface area contributed by atoms with Crippen LogP contribution in [0.3, 0.4) is 0 Å². The third-order valence-corrected chi connectivity index (χ3v) is 4.55. The van der Waals surface area contributed by atoms with E-state index in [-0.39, 0.29) is 6.79 Å². The van der Waals surface area contributed by atoms with Gasteiger partial charge in [-0.25, -0.2) is 4.98 Å². The molecular weight excluding hydrogens is 308 g/mol. The highest BCUT2D eigenvalue weighted by Gasteiger charge is 2.16. The Labute approximate surface area is 130 Å². The van der Waals surface area contributed by atoms with Gasteiger partial charge in [-0.15, -0.1) is 0 Å². The Hall–Kier alpha value is -1.85. The van der Waals surface area contributed by atoms with Gasteiger partial charge in [0.05, 0.1) is 11.0 Å². The minimum Gasteiger partial charge on any atom is -0.454 e. The van der Waals surface area contributed by atoms with E-state index in [1.54, 1.807) is 17.8 Å². The number of rotatable bonds is 3. The average Bonchev–Trinajstić information content (AvgIpc) is 3.09. The molecule has 2 heterocycles. The number of halogens is 1. The van der Waals surface area contributed by atoms with Crippen LogP contribution in [0.5, 0.6) is 11.5 Å². The van der Waals surface area contributed by atoms with Gasteiger partial charge in [0.2, 0.25) is 6.79 Å². The molecule has 4 nitrogen and oxygen atoms in total. The summed E-state index contributed by atoms with van der Waals surface area (Å²) in [5.41, 5.74) is 3.01. The van der Waals surface area contributed by atoms with Crippen molar-refractivity contribution >= 4 is 34.4 Å². The second kappa shape index (κ2) is 5.16. The SMILES string of the molecule is Clc1cc2c(cc1CSc1nc3ccccc3[nH]1)OCO2. The number of aromatic nitrogens is 2. The van der Waals surface area contributed by atoms with Crippen LogP contribution in [0, 0.1) is 0 Å². The molecule has 106 valence electrons. The first-order valence-corrected chi connectivity index (χ1v) is 7.81. The van der Waals surface area contributed by atoms with Crippen LogP contribution in [0.2, 0.25) is 5.02 Å². The summed E-state index contributed by atoms with van der Waals surface area (Å²) in [4.78, 5) is 7.83. The Kier molecular flexibility index (Phi) is 3.16. The van der Waals surface area contributed by atoms with Gasteiger partial charge in [0.15, 0.2) is 16.7 Å². The van der Waals surface area contributed by atoms with Gasteiger partial charge in [0.25, 0.3) is 0 Å². The van der Waals surface area contributed by atoms with Crippen molar-refractivity contribution in [2.75, 3.05) is 6.79 Å². The third-order valence-electron chi connectivity index (χ3n) is 3.27. The molecule has 0 unspecified atom stereocenters. The summed E-state index contributed by atoms with van der Waals surface area (Å²) >= 11 is 7.88. The molecule has 0 spiro atoms. The number of imidazole rings is 1. The van der Waals surface area contributed by atoms with Crippen LogP contribution in [0.4, 0.5) is 0 Å². The van der Waals surface area contributed by atoms with Crippen molar-refractivity contribution in [3.05, 3.63) is 47.0 Å². The Morgan fingerprint density at radius 1 is 1.19 bits per heavy atom. The highest BCUT2D eigenvalue weighted by molar-refractivity contribution is 7.98. The van der Waals surface area contributed by atoms with E-state index in [4.69, 9.17) is 21.1 Å². The number of fused-ring (bicyclic) bond motifs is 2. The molecule has 4 rings (SSSR count). The summed E-state index contributed by atoms with van der Waals surface area (Å²) in [6, 6.07) is 11.7. The lowest BCUT2D eigenvalue weighted by Crippen LogP contribution is -1.92. The van der Waals surface area contributed by atoms with Crippen LogP contribution < -0.4 is 9.47 Å². The van der Waals surface area contributed by atoms with Crippen LogP contribution in [0.1, 0.15) is 5.56 Å². The molecule has 1 N–H and O–H groups in total. The summed E-state index contributed by atoms with van der Waals surface area (Å²) in [5, 5.41) is 1.56. The number of hydrogen-bond acceptors (Lipinski definition) is 4. The fourth-order valence-electron chi connectivity index (χ4n) is 2.21. The van der Waals surface area contributed by atoms with Crippen LogP contribution in [0.25, 0.3) is 11.0 Å². The molecule has 0 aliphatic carbocycles. The van der Waals surface area contributed by atoms with E-state index >= 15 is 0 Å². The summed E-state index contributed by atoms with van der Waals surface area (Å²) in [6.45, 7) is 0.256. The topological polar surface area (TPSA) is 47.1 Å². The maximum absolute atomic E-state index is 6.27. The van der Waals surface area contributed by atoms with Crippen LogP contribution >= 0.6 is 23.4 Å². The Bertz CT molecular complexity index is 786. The van der Waals surface area contributed by atoms with E-state index in [1.165, 1.54) is 0 Å². The van der Waals surface area contributed by atoms with Crippen molar-refractivity contribution in [2.45, 2.75) is 10.9 Å². The number of nitrogens with one attached hydrogen (secondary N) is 1. The van der Waals surface area contributed by atoms with Gasteiger partial charge >= 0.3 is 0 Å². The maximum atomic E-state index is 6.27. The van der Waals surface area contributed by atoms with Crippen molar-refractivity contribution in [1.82, 2.24) is 9.97 Å². The zero-order valence-corrected chi connectivity index (χ0v) is 12.5. The molecule has 6 heteroatoms. The molecule has 2 aromatic carbocycles. The zero-order valence-electron chi connectivity index (χ0n) is 10.9. The van der Waals surface area contributed by atoms with Crippen LogP contribution in [-0.4, -0.2) is 16.8 Å². The lowest BCUT2D eigenvalue weighted by molar-refractivity contribution is 0.174. The van der Waals surface area contributed by atoms with Gasteiger partial charge in [0.1, 0.15) is 0 Å². The predicted molar refractivity (Wildman–Crippen MR) is 83.2 cm³/mol. The fourth-order valence-corrected chi connectivity index (χ4v) is 3.39. The van der Waals surface area contributed by atoms with Gasteiger partial charge in [-0.2, -0.15) is 0 Å². The van der Waals surface area contributed by atoms with Crippen LogP contribution in [-0.2, 0) is 5.75 Å². The van der Waals surface area contributed by atoms with E-state index in [9.17, 15) is 0 Å². The molecule has 0 amide bonds. The van der Waals surface area contributed by atoms with E-state index in [0.717, 1.165) is 33.3 Å². The van der Waals surface area contributed by atoms with Crippen molar-refractivity contribution in [3.63, 3.8) is 0 Å². The molecule has 1 aliphatic rings. The number of nitrogens with zero attached hydrogens (tertiary/aromatic N) is 1. The summed E-state index contributed by atoms with van der Waals surface area (Å²) in [7, 11) is 0. The number of thioether (sulfide) groups is 1. The lowest BCUT2D eigenvalue weighted by Gasteiger charge is -2.04. The molecule has 0 fully saturated rings. The Morgan fingerprint density at radius 2 is 2.00 bits per heavy atom. The van der Waals surface area contributed by atoms with Crippen molar-refractivity contribution in [3.8, 4) is 11.5 Å². The number of aromatic amines is 1. The summed E-state index contributed by atoms with van der Waals surface area (Å²) in [6.07, 6.45) is 0. The molecule has 0 saturated carbocycles. The number of benzene rings is 2. The Morgan fingerprint density at radius 3 is 2.86 bits per heavy atom. The maximum Gasteiger partial charge on any atom is 0.231 e. The quantitative estimate of drug-likeness (QED) is 0.734. The van der Waals surface area contributed by atoms with Gasteiger partial charge in [0, 0.05) is 16.8 Å². The fraction of sp³-hybridized carbons (Fsp3) is 0.133. The molecule has 3 aromatic rings. The first-order valence-electron chi connectivity index (χ1n) is 6.45. The smallest absolute Gasteiger partial charge is 0.231 e. The highest BCUT2D eigenvalue weighted by atomic mass is 35.5. The number of hydrogen-bond donors (Lipinski definition) is 1. The van der Waals surface area contributed by atoms with Gasteiger partial charge < -0.3 is 14.5 Å². The van der Waals surface area contributed by atoms with E-state index in [1.807, 2.05) is 30.3 Å². The second-order valence-electron chi connectivity index (χ2n) is 4.64. The molecule has 0 saturated heterocycles. The van der Waals surface area contributed by atoms with Crippen molar-refractivity contribution < 1.29 is 9.47 Å². The molecule has 0 radical (unpaired) electrons. The van der Waals surface area contributed by atoms with Gasteiger partial charge in [-0.05, 0) is 23.8 Å². The standard InChI is InChI=1S/C15H11ClN2O2S/c16-10-6-14-13(19-8-20-14)5-9(10)7-21-15-17-11-3-1-2-4-12(11)18-15/h1-6H,7-8H2,(H,17,18). The molecular formula is C15H11ClN2O2S. The molecule has 21 heavy (non-hydrogen) atoms. The highest BCUT2D eigenvalue weighted by Crippen LogP contribution is 2.38.